The number of aromatic nitrogens is 6. The number of nitrogens with one attached hydrogen (secondary N) is 2. The molecule has 2 atom stereocenters. The SMILES string of the molecule is CCc1cc(N2CC(=O)N(C)C2=O)c2nc(CNc3cc(NC(=O)[C@H]4C[C@@H]4c4nccc(C)n4)nc(C)n3)cn2c1. The van der Waals surface area contributed by atoms with Crippen molar-refractivity contribution in [1.29, 1.82) is 0 Å². The molecule has 4 aromatic heterocycles. The third-order valence-corrected chi connectivity index (χ3v) is 7.33. The molecule has 2 aliphatic rings. The van der Waals surface area contributed by atoms with E-state index in [1.54, 1.807) is 19.2 Å². The zero-order chi connectivity index (χ0) is 28.8. The van der Waals surface area contributed by atoms with Gasteiger partial charge in [0.15, 0.2) is 5.65 Å². The minimum atomic E-state index is -0.372. The molecule has 1 aliphatic carbocycles. The van der Waals surface area contributed by atoms with Crippen LogP contribution in [0.1, 0.15) is 47.9 Å². The summed E-state index contributed by atoms with van der Waals surface area (Å²) in [6.07, 6.45) is 7.03. The summed E-state index contributed by atoms with van der Waals surface area (Å²) in [6.45, 7) is 6.02. The summed E-state index contributed by atoms with van der Waals surface area (Å²) in [5.74, 6) is 1.59. The number of nitrogens with zero attached hydrogens (tertiary/aromatic N) is 8. The van der Waals surface area contributed by atoms with Crippen LogP contribution >= 0.6 is 0 Å². The molecule has 13 heteroatoms. The van der Waals surface area contributed by atoms with Gasteiger partial charge in [-0.15, -0.1) is 0 Å². The van der Waals surface area contributed by atoms with Crippen molar-refractivity contribution >= 4 is 40.8 Å². The highest BCUT2D eigenvalue weighted by molar-refractivity contribution is 6.13. The van der Waals surface area contributed by atoms with Crippen LogP contribution in [-0.2, 0) is 22.6 Å². The van der Waals surface area contributed by atoms with E-state index in [9.17, 15) is 14.4 Å². The molecule has 5 heterocycles. The first-order chi connectivity index (χ1) is 19.7. The second-order valence-electron chi connectivity index (χ2n) is 10.4. The zero-order valence-corrected chi connectivity index (χ0v) is 23.2. The first-order valence-corrected chi connectivity index (χ1v) is 13.5. The van der Waals surface area contributed by atoms with Crippen molar-refractivity contribution in [2.45, 2.75) is 46.1 Å². The number of pyridine rings is 1. The van der Waals surface area contributed by atoms with E-state index in [0.29, 0.717) is 53.3 Å². The predicted octanol–water partition coefficient (Wildman–Crippen LogP) is 2.85. The lowest BCUT2D eigenvalue weighted by Gasteiger charge is -2.16. The van der Waals surface area contributed by atoms with Gasteiger partial charge < -0.3 is 15.0 Å². The monoisotopic (exact) mass is 554 g/mol. The molecule has 1 aliphatic heterocycles. The maximum Gasteiger partial charge on any atom is 0.331 e. The second kappa shape index (κ2) is 10.2. The van der Waals surface area contributed by atoms with Crippen LogP contribution in [0.15, 0.2) is 36.8 Å². The largest absolute Gasteiger partial charge is 0.364 e. The average molecular weight is 555 g/mol. The smallest absolute Gasteiger partial charge is 0.331 e. The van der Waals surface area contributed by atoms with Gasteiger partial charge >= 0.3 is 6.03 Å². The lowest BCUT2D eigenvalue weighted by molar-refractivity contribution is -0.124. The number of imide groups is 1. The number of hydrogen-bond donors (Lipinski definition) is 2. The van der Waals surface area contributed by atoms with E-state index in [-0.39, 0.29) is 36.2 Å². The van der Waals surface area contributed by atoms with E-state index in [4.69, 9.17) is 4.98 Å². The summed E-state index contributed by atoms with van der Waals surface area (Å²) < 4.78 is 1.88. The van der Waals surface area contributed by atoms with E-state index < -0.39 is 0 Å². The molecule has 0 bridgehead atoms. The van der Waals surface area contributed by atoms with Crippen molar-refractivity contribution in [2.24, 2.45) is 5.92 Å². The van der Waals surface area contributed by atoms with Gasteiger partial charge in [0.1, 0.15) is 29.8 Å². The Morgan fingerprint density at radius 1 is 1.07 bits per heavy atom. The number of hydrogen-bond acceptors (Lipinski definition) is 9. The molecule has 0 radical (unpaired) electrons. The molecule has 0 unspecified atom stereocenters. The van der Waals surface area contributed by atoms with Crippen molar-refractivity contribution in [2.75, 3.05) is 29.1 Å². The third-order valence-electron chi connectivity index (χ3n) is 7.33. The Morgan fingerprint density at radius 3 is 2.61 bits per heavy atom. The number of carbonyl (C=O) groups is 3. The molecule has 1 saturated heterocycles. The maximum absolute atomic E-state index is 12.9. The van der Waals surface area contributed by atoms with Crippen molar-refractivity contribution in [1.82, 2.24) is 34.2 Å². The van der Waals surface area contributed by atoms with Crippen LogP contribution in [0.3, 0.4) is 0 Å². The molecule has 4 aromatic rings. The van der Waals surface area contributed by atoms with Gasteiger partial charge in [-0.3, -0.25) is 19.4 Å². The molecule has 1 saturated carbocycles. The van der Waals surface area contributed by atoms with Crippen LogP contribution in [0.25, 0.3) is 5.65 Å². The fourth-order valence-electron chi connectivity index (χ4n) is 4.99. The third kappa shape index (κ3) is 5.17. The molecule has 4 amide bonds. The van der Waals surface area contributed by atoms with Crippen molar-refractivity contribution in [3.8, 4) is 0 Å². The number of anilines is 3. The lowest BCUT2D eigenvalue weighted by atomic mass is 10.2. The Balaban J connectivity index is 1.16. The van der Waals surface area contributed by atoms with E-state index >= 15 is 0 Å². The van der Waals surface area contributed by atoms with Crippen molar-refractivity contribution in [3.05, 3.63) is 65.4 Å². The number of amides is 4. The summed E-state index contributed by atoms with van der Waals surface area (Å²) in [6, 6.07) is 5.05. The van der Waals surface area contributed by atoms with Crippen molar-refractivity contribution in [3.63, 3.8) is 0 Å². The van der Waals surface area contributed by atoms with E-state index in [0.717, 1.165) is 22.6 Å². The highest BCUT2D eigenvalue weighted by Crippen LogP contribution is 2.46. The van der Waals surface area contributed by atoms with E-state index in [1.807, 2.05) is 42.8 Å². The molecule has 13 nitrogen and oxygen atoms in total. The number of fused-ring (bicyclic) bond motifs is 1. The quantitative estimate of drug-likeness (QED) is 0.313. The summed E-state index contributed by atoms with van der Waals surface area (Å²) in [7, 11) is 1.48. The van der Waals surface area contributed by atoms with Crippen LogP contribution in [-0.4, -0.2) is 65.7 Å². The molecule has 2 fully saturated rings. The van der Waals surface area contributed by atoms with Crippen LogP contribution in [0.2, 0.25) is 0 Å². The van der Waals surface area contributed by atoms with Gasteiger partial charge in [0.05, 0.1) is 17.9 Å². The normalized spacial score (nSPS) is 18.3. The molecule has 0 aromatic carbocycles. The number of rotatable bonds is 8. The molecular formula is C28H30N10O3. The first kappa shape index (κ1) is 26.3. The molecule has 41 heavy (non-hydrogen) atoms. The van der Waals surface area contributed by atoms with Gasteiger partial charge in [-0.1, -0.05) is 6.92 Å². The van der Waals surface area contributed by atoms with Crippen LogP contribution in [0, 0.1) is 19.8 Å². The molecular weight excluding hydrogens is 524 g/mol. The Kier molecular flexibility index (Phi) is 6.56. The summed E-state index contributed by atoms with van der Waals surface area (Å²) >= 11 is 0. The van der Waals surface area contributed by atoms with Gasteiger partial charge in [-0.25, -0.2) is 29.7 Å². The lowest BCUT2D eigenvalue weighted by Crippen LogP contribution is -2.30. The Morgan fingerprint density at radius 2 is 1.88 bits per heavy atom. The van der Waals surface area contributed by atoms with Crippen molar-refractivity contribution < 1.29 is 14.4 Å². The van der Waals surface area contributed by atoms with Gasteiger partial charge in [0.25, 0.3) is 0 Å². The Labute approximate surface area is 236 Å². The standard InChI is InChI=1S/C28H30N10O3/c1-5-17-8-21(38-14-24(39)36(4)28(38)41)26-34-18(13-37(26)12-17)11-30-22-10-23(33-16(3)32-22)35-27(40)20-9-19(20)25-29-7-6-15(2)31-25/h6-8,10,12-13,19-20H,5,9,11,14H2,1-4H3,(H2,30,32,33,35,40)/t19-,20-/m0/s1. The van der Waals surface area contributed by atoms with Gasteiger partial charge in [-0.2, -0.15) is 0 Å². The Hall–Kier alpha value is -4.94. The number of urea groups is 1. The molecule has 6 rings (SSSR count). The minimum Gasteiger partial charge on any atom is -0.364 e. The number of aryl methyl sites for hydroxylation is 3. The molecule has 210 valence electrons. The van der Waals surface area contributed by atoms with E-state index in [1.165, 1.54) is 11.9 Å². The van der Waals surface area contributed by atoms with Crippen LogP contribution in [0.4, 0.5) is 22.1 Å². The Bertz CT molecular complexity index is 1700. The topological polar surface area (TPSA) is 151 Å². The highest BCUT2D eigenvalue weighted by atomic mass is 16.2. The zero-order valence-electron chi connectivity index (χ0n) is 23.2. The highest BCUT2D eigenvalue weighted by Gasteiger charge is 2.46. The number of imidazole rings is 1. The predicted molar refractivity (Wildman–Crippen MR) is 150 cm³/mol. The van der Waals surface area contributed by atoms with Gasteiger partial charge in [-0.05, 0) is 44.4 Å². The summed E-state index contributed by atoms with van der Waals surface area (Å²) in [5.41, 5.74) is 3.78. The number of carbonyl (C=O) groups excluding carboxylic acids is 3. The fourth-order valence-corrected chi connectivity index (χ4v) is 4.99. The van der Waals surface area contributed by atoms with Crippen LogP contribution in [0.5, 0.6) is 0 Å². The van der Waals surface area contributed by atoms with E-state index in [2.05, 4.69) is 30.6 Å². The number of likely N-dealkylation sites (N-methyl/N-ethyl adjacent to an activating group) is 1. The van der Waals surface area contributed by atoms with Gasteiger partial charge in [0.2, 0.25) is 11.8 Å². The van der Waals surface area contributed by atoms with Gasteiger partial charge in [0, 0.05) is 49.2 Å². The fraction of sp³-hybridized carbons (Fsp3) is 0.357. The molecule has 2 N–H and O–H groups in total. The first-order valence-electron chi connectivity index (χ1n) is 13.5. The maximum atomic E-state index is 12.9. The summed E-state index contributed by atoms with van der Waals surface area (Å²) in [4.78, 5) is 62.7. The summed E-state index contributed by atoms with van der Waals surface area (Å²) in [5, 5.41) is 6.17. The second-order valence-corrected chi connectivity index (χ2v) is 10.4. The average Bonchev–Trinajstić information content (AvgIpc) is 3.58. The van der Waals surface area contributed by atoms with Crippen LogP contribution < -0.4 is 15.5 Å². The molecule has 0 spiro atoms. The minimum absolute atomic E-state index is 0.0120.